The van der Waals surface area contributed by atoms with Crippen LogP contribution in [-0.2, 0) is 23.8 Å². The zero-order valence-electron chi connectivity index (χ0n) is 19.7. The molecule has 2 aromatic carbocycles. The van der Waals surface area contributed by atoms with Gasteiger partial charge in [0, 0.05) is 40.4 Å². The average Bonchev–Trinajstić information content (AvgIpc) is 3.21. The number of hydrogen-bond donors (Lipinski definition) is 5. The van der Waals surface area contributed by atoms with E-state index in [9.17, 15) is 22.8 Å². The molecule has 12 heteroatoms. The van der Waals surface area contributed by atoms with Crippen molar-refractivity contribution in [2.75, 3.05) is 31.7 Å². The maximum atomic E-state index is 13.1. The van der Waals surface area contributed by atoms with Gasteiger partial charge in [0.1, 0.15) is 0 Å². The van der Waals surface area contributed by atoms with E-state index in [2.05, 4.69) is 20.9 Å². The summed E-state index contributed by atoms with van der Waals surface area (Å²) in [6.07, 6.45) is -2.79. The van der Waals surface area contributed by atoms with Gasteiger partial charge in [0.05, 0.1) is 30.4 Å². The molecule has 198 valence electrons. The lowest BCUT2D eigenvalue weighted by Gasteiger charge is -2.24. The first-order valence-corrected chi connectivity index (χ1v) is 12.1. The Morgan fingerprint density at radius 2 is 1.97 bits per heavy atom. The fourth-order valence-electron chi connectivity index (χ4n) is 4.37. The largest absolute Gasteiger partial charge is 0.417 e. The Hall–Kier alpha value is -3.28. The summed E-state index contributed by atoms with van der Waals surface area (Å²) in [6.45, 7) is 0.762. The van der Waals surface area contributed by atoms with Gasteiger partial charge in [-0.1, -0.05) is 17.7 Å². The number of amides is 3. The van der Waals surface area contributed by atoms with Crippen LogP contribution in [0.15, 0.2) is 36.4 Å². The SMILES string of the molecule is O=C(Nc1ccc(Cl)c(C(F)(F)F)c1)NC1CCc2[nH]c3cc(C(=O)NCCOCCO)ccc3c2C1. The lowest BCUT2D eigenvalue weighted by molar-refractivity contribution is -0.137. The molecule has 0 saturated heterocycles. The van der Waals surface area contributed by atoms with Crippen LogP contribution in [0.1, 0.15) is 33.6 Å². The number of nitrogens with one attached hydrogen (secondary N) is 4. The van der Waals surface area contributed by atoms with E-state index >= 15 is 0 Å². The Bertz CT molecular complexity index is 1290. The molecule has 3 amide bonds. The Morgan fingerprint density at radius 3 is 2.73 bits per heavy atom. The van der Waals surface area contributed by atoms with E-state index in [4.69, 9.17) is 21.4 Å². The van der Waals surface area contributed by atoms with Crippen LogP contribution in [0.2, 0.25) is 5.02 Å². The van der Waals surface area contributed by atoms with E-state index in [-0.39, 0.29) is 30.9 Å². The number of aryl methyl sites for hydroxylation is 1. The van der Waals surface area contributed by atoms with E-state index in [1.54, 1.807) is 12.1 Å². The van der Waals surface area contributed by atoms with Crippen molar-refractivity contribution in [3.05, 3.63) is 63.8 Å². The Kier molecular flexibility index (Phi) is 8.25. The molecule has 1 unspecified atom stereocenters. The Balaban J connectivity index is 1.38. The van der Waals surface area contributed by atoms with Gasteiger partial charge in [-0.05, 0) is 55.2 Å². The molecule has 1 heterocycles. The highest BCUT2D eigenvalue weighted by Gasteiger charge is 2.33. The second-order valence-electron chi connectivity index (χ2n) is 8.66. The van der Waals surface area contributed by atoms with Gasteiger partial charge in [0.15, 0.2) is 0 Å². The van der Waals surface area contributed by atoms with Gasteiger partial charge >= 0.3 is 12.2 Å². The number of aromatic amines is 1. The summed E-state index contributed by atoms with van der Waals surface area (Å²) in [5, 5.41) is 17.3. The third kappa shape index (κ3) is 6.54. The van der Waals surface area contributed by atoms with Crippen molar-refractivity contribution in [3.8, 4) is 0 Å². The molecule has 3 aromatic rings. The zero-order chi connectivity index (χ0) is 26.6. The van der Waals surface area contributed by atoms with Gasteiger partial charge in [0.25, 0.3) is 5.91 Å². The van der Waals surface area contributed by atoms with Crippen molar-refractivity contribution in [2.45, 2.75) is 31.5 Å². The number of hydrogen-bond acceptors (Lipinski definition) is 4. The summed E-state index contributed by atoms with van der Waals surface area (Å²) >= 11 is 5.64. The summed E-state index contributed by atoms with van der Waals surface area (Å²) in [4.78, 5) is 28.3. The summed E-state index contributed by atoms with van der Waals surface area (Å²) < 4.78 is 44.4. The van der Waals surface area contributed by atoms with Gasteiger partial charge < -0.3 is 30.8 Å². The topological polar surface area (TPSA) is 115 Å². The fourth-order valence-corrected chi connectivity index (χ4v) is 4.59. The van der Waals surface area contributed by atoms with Crippen LogP contribution in [0.4, 0.5) is 23.7 Å². The van der Waals surface area contributed by atoms with Crippen LogP contribution in [0.25, 0.3) is 10.9 Å². The first kappa shape index (κ1) is 26.8. The number of carbonyl (C=O) groups is 2. The van der Waals surface area contributed by atoms with E-state index in [1.165, 1.54) is 6.07 Å². The van der Waals surface area contributed by atoms with Crippen LogP contribution in [0.5, 0.6) is 0 Å². The van der Waals surface area contributed by atoms with Crippen LogP contribution >= 0.6 is 11.6 Å². The number of anilines is 1. The molecule has 5 N–H and O–H groups in total. The summed E-state index contributed by atoms with van der Waals surface area (Å²) in [5.41, 5.74) is 2.32. The molecule has 0 spiro atoms. The second-order valence-corrected chi connectivity index (χ2v) is 9.07. The fraction of sp³-hybridized carbons (Fsp3) is 0.360. The summed E-state index contributed by atoms with van der Waals surface area (Å²) in [6, 6.07) is 7.74. The Labute approximate surface area is 215 Å². The summed E-state index contributed by atoms with van der Waals surface area (Å²) in [5.74, 6) is -0.242. The minimum Gasteiger partial charge on any atom is -0.394 e. The number of halogens is 4. The predicted octanol–water partition coefficient (Wildman–Crippen LogP) is 4.26. The molecule has 37 heavy (non-hydrogen) atoms. The first-order valence-electron chi connectivity index (χ1n) is 11.7. The van der Waals surface area contributed by atoms with Crippen molar-refractivity contribution >= 4 is 40.1 Å². The predicted molar refractivity (Wildman–Crippen MR) is 133 cm³/mol. The number of H-pyrrole nitrogens is 1. The molecular formula is C25H26ClF3N4O4. The zero-order valence-corrected chi connectivity index (χ0v) is 20.4. The third-order valence-corrected chi connectivity index (χ3v) is 6.41. The molecule has 0 fully saturated rings. The van der Waals surface area contributed by atoms with Crippen molar-refractivity contribution in [3.63, 3.8) is 0 Å². The normalized spacial score (nSPS) is 15.3. The van der Waals surface area contributed by atoms with Crippen LogP contribution < -0.4 is 16.0 Å². The number of urea groups is 1. The van der Waals surface area contributed by atoms with Gasteiger partial charge in [-0.15, -0.1) is 0 Å². The van der Waals surface area contributed by atoms with Crippen molar-refractivity contribution in [1.29, 1.82) is 0 Å². The lowest BCUT2D eigenvalue weighted by Crippen LogP contribution is -2.41. The number of ether oxygens (including phenoxy) is 1. The van der Waals surface area contributed by atoms with E-state index in [0.717, 1.165) is 34.3 Å². The lowest BCUT2D eigenvalue weighted by atomic mass is 9.91. The van der Waals surface area contributed by atoms with E-state index in [0.29, 0.717) is 38.0 Å². The molecule has 1 aromatic heterocycles. The second kappa shape index (κ2) is 11.4. The quantitative estimate of drug-likeness (QED) is 0.276. The van der Waals surface area contributed by atoms with Crippen molar-refractivity contribution in [2.24, 2.45) is 0 Å². The number of rotatable bonds is 8. The minimum absolute atomic E-state index is 0.0106. The number of benzene rings is 2. The van der Waals surface area contributed by atoms with Gasteiger partial charge in [-0.25, -0.2) is 4.79 Å². The van der Waals surface area contributed by atoms with Gasteiger partial charge in [-0.3, -0.25) is 4.79 Å². The first-order chi connectivity index (χ1) is 17.7. The molecule has 0 bridgehead atoms. The average molecular weight is 539 g/mol. The van der Waals surface area contributed by atoms with E-state index < -0.39 is 22.8 Å². The van der Waals surface area contributed by atoms with Crippen LogP contribution in [0.3, 0.4) is 0 Å². The number of aliphatic hydroxyl groups is 1. The molecule has 0 aliphatic heterocycles. The maximum Gasteiger partial charge on any atom is 0.417 e. The molecule has 1 atom stereocenters. The molecule has 0 radical (unpaired) electrons. The standard InChI is InChI=1S/C25H26ClF3N4O4/c26-20-5-2-16(13-19(20)25(27,28)29)32-24(36)31-15-3-6-21-18(12-15)17-4-1-14(11-22(17)33-21)23(35)30-7-9-37-10-8-34/h1-2,4-5,11,13,15,33-34H,3,6-10,12H2,(H,30,35)(H2,31,32,36). The molecule has 4 rings (SSSR count). The molecular weight excluding hydrogens is 513 g/mol. The van der Waals surface area contributed by atoms with E-state index in [1.807, 2.05) is 6.07 Å². The molecule has 0 saturated carbocycles. The van der Waals surface area contributed by atoms with Crippen molar-refractivity contribution in [1.82, 2.24) is 15.6 Å². The highest BCUT2D eigenvalue weighted by atomic mass is 35.5. The van der Waals surface area contributed by atoms with Gasteiger partial charge in [-0.2, -0.15) is 13.2 Å². The monoisotopic (exact) mass is 538 g/mol. The van der Waals surface area contributed by atoms with Crippen LogP contribution in [-0.4, -0.2) is 54.4 Å². The highest BCUT2D eigenvalue weighted by Crippen LogP contribution is 2.36. The number of aliphatic hydroxyl groups excluding tert-OH is 1. The molecule has 1 aliphatic carbocycles. The maximum absolute atomic E-state index is 13.1. The van der Waals surface area contributed by atoms with Crippen LogP contribution in [0, 0.1) is 0 Å². The Morgan fingerprint density at radius 1 is 1.16 bits per heavy atom. The minimum atomic E-state index is -4.63. The molecule has 1 aliphatic rings. The molecule has 8 nitrogen and oxygen atoms in total. The number of alkyl halides is 3. The highest BCUT2D eigenvalue weighted by molar-refractivity contribution is 6.31. The third-order valence-electron chi connectivity index (χ3n) is 6.08. The van der Waals surface area contributed by atoms with Crippen molar-refractivity contribution < 1.29 is 32.6 Å². The number of carbonyl (C=O) groups excluding carboxylic acids is 2. The smallest absolute Gasteiger partial charge is 0.394 e. The number of fused-ring (bicyclic) bond motifs is 3. The summed E-state index contributed by atoms with van der Waals surface area (Å²) in [7, 11) is 0. The van der Waals surface area contributed by atoms with Gasteiger partial charge in [0.2, 0.25) is 0 Å². The number of aromatic nitrogens is 1.